The average molecular weight is 329 g/mol. The van der Waals surface area contributed by atoms with Crippen LogP contribution in [0.4, 0.5) is 4.79 Å². The molecule has 1 saturated heterocycles. The fraction of sp³-hybridized carbons (Fsp3) is 0.500. The zero-order chi connectivity index (χ0) is 16.9. The van der Waals surface area contributed by atoms with Crippen LogP contribution in [-0.4, -0.2) is 61.8 Å². The number of pyridine rings is 1. The van der Waals surface area contributed by atoms with E-state index in [0.29, 0.717) is 0 Å². The third kappa shape index (κ3) is 3.88. The SMILES string of the molecule is C[C@H](NC(=O)N1CCN(Cc2cccnc2)CC1)c1nncn1C. The van der Waals surface area contributed by atoms with Crippen LogP contribution in [0, 0.1) is 0 Å². The van der Waals surface area contributed by atoms with Gasteiger partial charge in [-0.15, -0.1) is 10.2 Å². The highest BCUT2D eigenvalue weighted by Gasteiger charge is 2.23. The quantitative estimate of drug-likeness (QED) is 0.897. The van der Waals surface area contributed by atoms with Gasteiger partial charge in [-0.3, -0.25) is 9.88 Å². The van der Waals surface area contributed by atoms with Crippen molar-refractivity contribution in [3.8, 4) is 0 Å². The van der Waals surface area contributed by atoms with Gasteiger partial charge in [0.2, 0.25) is 0 Å². The first kappa shape index (κ1) is 16.4. The molecule has 1 atom stereocenters. The summed E-state index contributed by atoms with van der Waals surface area (Å²) in [6, 6.07) is 3.81. The van der Waals surface area contributed by atoms with E-state index in [9.17, 15) is 4.79 Å². The van der Waals surface area contributed by atoms with Crippen LogP contribution in [0.5, 0.6) is 0 Å². The van der Waals surface area contributed by atoms with Gasteiger partial charge in [0, 0.05) is 52.2 Å². The summed E-state index contributed by atoms with van der Waals surface area (Å²) in [6.45, 7) is 5.95. The number of hydrogen-bond donors (Lipinski definition) is 1. The molecule has 0 radical (unpaired) electrons. The minimum atomic E-state index is -0.168. The van der Waals surface area contributed by atoms with Crippen molar-refractivity contribution in [2.75, 3.05) is 26.2 Å². The maximum absolute atomic E-state index is 12.4. The highest BCUT2D eigenvalue weighted by Crippen LogP contribution is 2.11. The largest absolute Gasteiger partial charge is 0.328 e. The van der Waals surface area contributed by atoms with Crippen molar-refractivity contribution in [1.29, 1.82) is 0 Å². The number of carbonyl (C=O) groups excluding carboxylic acids is 1. The van der Waals surface area contributed by atoms with Crippen LogP contribution in [-0.2, 0) is 13.6 Å². The van der Waals surface area contributed by atoms with Gasteiger partial charge in [0.25, 0.3) is 0 Å². The number of aromatic nitrogens is 4. The molecule has 0 bridgehead atoms. The van der Waals surface area contributed by atoms with Crippen molar-refractivity contribution in [2.45, 2.75) is 19.5 Å². The third-order valence-corrected chi connectivity index (χ3v) is 4.26. The number of amides is 2. The van der Waals surface area contributed by atoms with E-state index in [1.165, 1.54) is 5.56 Å². The molecule has 1 fully saturated rings. The number of nitrogens with one attached hydrogen (secondary N) is 1. The van der Waals surface area contributed by atoms with Crippen LogP contribution in [0.2, 0.25) is 0 Å². The van der Waals surface area contributed by atoms with Crippen LogP contribution >= 0.6 is 0 Å². The Kier molecular flexibility index (Phi) is 5.05. The molecular weight excluding hydrogens is 306 g/mol. The van der Waals surface area contributed by atoms with Gasteiger partial charge < -0.3 is 14.8 Å². The van der Waals surface area contributed by atoms with Crippen molar-refractivity contribution in [3.05, 3.63) is 42.2 Å². The van der Waals surface area contributed by atoms with E-state index in [4.69, 9.17) is 0 Å². The second-order valence-electron chi connectivity index (χ2n) is 6.10. The topological polar surface area (TPSA) is 79.2 Å². The molecule has 128 valence electrons. The van der Waals surface area contributed by atoms with E-state index in [1.54, 1.807) is 12.5 Å². The van der Waals surface area contributed by atoms with Gasteiger partial charge in [0.1, 0.15) is 6.33 Å². The summed E-state index contributed by atoms with van der Waals surface area (Å²) in [4.78, 5) is 20.7. The molecule has 0 unspecified atom stereocenters. The number of hydrogen-bond acceptors (Lipinski definition) is 5. The van der Waals surface area contributed by atoms with Crippen molar-refractivity contribution >= 4 is 6.03 Å². The standard InChI is InChI=1S/C16H23N7O/c1-13(15-20-18-12-21(15)2)19-16(24)23-8-6-22(7-9-23)11-14-4-3-5-17-10-14/h3-5,10,12-13H,6-9,11H2,1-2H3,(H,19,24)/t13-/m0/s1. The van der Waals surface area contributed by atoms with Crippen LogP contribution < -0.4 is 5.32 Å². The predicted octanol–water partition coefficient (Wildman–Crippen LogP) is 0.798. The maximum Gasteiger partial charge on any atom is 0.318 e. The lowest BCUT2D eigenvalue weighted by Crippen LogP contribution is -2.51. The first-order chi connectivity index (χ1) is 11.6. The Balaban J connectivity index is 1.47. The van der Waals surface area contributed by atoms with E-state index in [1.807, 2.05) is 35.7 Å². The smallest absolute Gasteiger partial charge is 0.318 e. The Labute approximate surface area is 141 Å². The summed E-state index contributed by atoms with van der Waals surface area (Å²) < 4.78 is 1.82. The van der Waals surface area contributed by atoms with Crippen molar-refractivity contribution in [3.63, 3.8) is 0 Å². The average Bonchev–Trinajstić information content (AvgIpc) is 3.02. The number of aryl methyl sites for hydroxylation is 1. The summed E-state index contributed by atoms with van der Waals surface area (Å²) in [5.41, 5.74) is 1.20. The molecule has 2 amide bonds. The summed E-state index contributed by atoms with van der Waals surface area (Å²) in [7, 11) is 1.87. The molecule has 3 rings (SSSR count). The molecule has 1 aliphatic rings. The predicted molar refractivity (Wildman–Crippen MR) is 89.0 cm³/mol. The van der Waals surface area contributed by atoms with Gasteiger partial charge >= 0.3 is 6.03 Å². The van der Waals surface area contributed by atoms with Gasteiger partial charge in [-0.2, -0.15) is 0 Å². The molecule has 0 spiro atoms. The molecule has 24 heavy (non-hydrogen) atoms. The number of piperazine rings is 1. The van der Waals surface area contributed by atoms with E-state index < -0.39 is 0 Å². The molecular formula is C16H23N7O. The van der Waals surface area contributed by atoms with Crippen LogP contribution in [0.15, 0.2) is 30.9 Å². The Bertz CT molecular complexity index is 664. The number of urea groups is 1. The fourth-order valence-electron chi connectivity index (χ4n) is 2.88. The van der Waals surface area contributed by atoms with Crippen molar-refractivity contribution in [2.24, 2.45) is 7.05 Å². The Morgan fingerprint density at radius 2 is 2.12 bits per heavy atom. The second kappa shape index (κ2) is 7.39. The van der Waals surface area contributed by atoms with Crippen LogP contribution in [0.3, 0.4) is 0 Å². The summed E-state index contributed by atoms with van der Waals surface area (Å²) in [5, 5.41) is 10.9. The molecule has 2 aromatic heterocycles. The summed E-state index contributed by atoms with van der Waals surface area (Å²) in [5.74, 6) is 0.749. The zero-order valence-corrected chi connectivity index (χ0v) is 14.1. The van der Waals surface area contributed by atoms with E-state index in [-0.39, 0.29) is 12.1 Å². The number of nitrogens with zero attached hydrogens (tertiary/aromatic N) is 6. The minimum Gasteiger partial charge on any atom is -0.328 e. The van der Waals surface area contributed by atoms with Crippen LogP contribution in [0.1, 0.15) is 24.4 Å². The van der Waals surface area contributed by atoms with Gasteiger partial charge in [0.15, 0.2) is 5.82 Å². The Morgan fingerprint density at radius 3 is 2.75 bits per heavy atom. The summed E-state index contributed by atoms with van der Waals surface area (Å²) in [6.07, 6.45) is 5.31. The van der Waals surface area contributed by atoms with Gasteiger partial charge in [0.05, 0.1) is 6.04 Å². The van der Waals surface area contributed by atoms with E-state index in [0.717, 1.165) is 38.5 Å². The minimum absolute atomic E-state index is 0.0495. The normalized spacial score (nSPS) is 16.8. The van der Waals surface area contributed by atoms with E-state index >= 15 is 0 Å². The van der Waals surface area contributed by atoms with Crippen molar-refractivity contribution in [1.82, 2.24) is 34.9 Å². The molecule has 1 N–H and O–H groups in total. The van der Waals surface area contributed by atoms with Gasteiger partial charge in [-0.25, -0.2) is 4.79 Å². The first-order valence-corrected chi connectivity index (χ1v) is 8.14. The second-order valence-corrected chi connectivity index (χ2v) is 6.10. The molecule has 0 aliphatic carbocycles. The molecule has 3 heterocycles. The lowest BCUT2D eigenvalue weighted by molar-refractivity contribution is 0.133. The monoisotopic (exact) mass is 329 g/mol. The fourth-order valence-corrected chi connectivity index (χ4v) is 2.88. The van der Waals surface area contributed by atoms with E-state index in [2.05, 4.69) is 31.5 Å². The lowest BCUT2D eigenvalue weighted by Gasteiger charge is -2.35. The zero-order valence-electron chi connectivity index (χ0n) is 14.1. The maximum atomic E-state index is 12.4. The molecule has 8 nitrogen and oxygen atoms in total. The summed E-state index contributed by atoms with van der Waals surface area (Å²) >= 11 is 0. The highest BCUT2D eigenvalue weighted by molar-refractivity contribution is 5.74. The molecule has 1 aliphatic heterocycles. The number of rotatable bonds is 4. The van der Waals surface area contributed by atoms with Crippen LogP contribution in [0.25, 0.3) is 0 Å². The highest BCUT2D eigenvalue weighted by atomic mass is 16.2. The first-order valence-electron chi connectivity index (χ1n) is 8.14. The molecule has 0 saturated carbocycles. The molecule has 2 aromatic rings. The Morgan fingerprint density at radius 1 is 1.33 bits per heavy atom. The van der Waals surface area contributed by atoms with Gasteiger partial charge in [-0.05, 0) is 18.6 Å². The third-order valence-electron chi connectivity index (χ3n) is 4.26. The Hall–Kier alpha value is -2.48. The lowest BCUT2D eigenvalue weighted by atomic mass is 10.2. The number of carbonyl (C=O) groups is 1. The van der Waals surface area contributed by atoms with Gasteiger partial charge in [-0.1, -0.05) is 6.07 Å². The van der Waals surface area contributed by atoms with Crippen molar-refractivity contribution < 1.29 is 4.79 Å². The molecule has 8 heteroatoms. The molecule has 0 aromatic carbocycles.